The molecule has 0 amide bonds. The van der Waals surface area contributed by atoms with Crippen LogP contribution in [0.15, 0.2) is 176 Å². The lowest BCUT2D eigenvalue weighted by molar-refractivity contribution is 1.18. The molecule has 0 aliphatic heterocycles. The zero-order valence-electron chi connectivity index (χ0n) is 27.5. The zero-order valence-corrected chi connectivity index (χ0v) is 28.4. The number of aromatic nitrogens is 2. The van der Waals surface area contributed by atoms with E-state index in [9.17, 15) is 0 Å². The second-order valence-corrected chi connectivity index (χ2v) is 14.3. The normalized spacial score (nSPS) is 11.7. The molecule has 3 heterocycles. The molecule has 3 heteroatoms. The second-order valence-electron chi connectivity index (χ2n) is 13.1. The van der Waals surface area contributed by atoms with Crippen molar-refractivity contribution in [3.05, 3.63) is 181 Å². The number of aryl methyl sites for hydroxylation is 1. The molecular weight excluding hydrogens is 625 g/mol. The number of fused-ring (bicyclic) bond motifs is 6. The zero-order chi connectivity index (χ0) is 33.2. The molecule has 7 aromatic carbocycles. The minimum absolute atomic E-state index is 1.16. The van der Waals surface area contributed by atoms with Gasteiger partial charge in [-0.25, -0.2) is 0 Å². The van der Waals surface area contributed by atoms with Crippen LogP contribution in [0.25, 0.3) is 87.7 Å². The van der Waals surface area contributed by atoms with Crippen molar-refractivity contribution in [2.45, 2.75) is 6.92 Å². The van der Waals surface area contributed by atoms with Crippen LogP contribution in [-0.2, 0) is 0 Å². The Hall–Kier alpha value is -6.16. The summed E-state index contributed by atoms with van der Waals surface area (Å²) in [6.07, 6.45) is 0. The van der Waals surface area contributed by atoms with Gasteiger partial charge in [0.1, 0.15) is 0 Å². The van der Waals surface area contributed by atoms with Crippen LogP contribution in [0.1, 0.15) is 4.88 Å². The first kappa shape index (κ1) is 28.8. The van der Waals surface area contributed by atoms with E-state index in [0.29, 0.717) is 0 Å². The van der Waals surface area contributed by atoms with E-state index in [-0.39, 0.29) is 0 Å². The largest absolute Gasteiger partial charge is 0.309 e. The summed E-state index contributed by atoms with van der Waals surface area (Å²) in [4.78, 5) is 1.33. The average Bonchev–Trinajstić information content (AvgIpc) is 3.82. The Morgan fingerprint density at radius 2 is 0.740 bits per heavy atom. The second kappa shape index (κ2) is 11.5. The van der Waals surface area contributed by atoms with Gasteiger partial charge in [-0.05, 0) is 107 Å². The monoisotopic (exact) mass is 656 g/mol. The van der Waals surface area contributed by atoms with Crippen molar-refractivity contribution in [3.63, 3.8) is 0 Å². The summed E-state index contributed by atoms with van der Waals surface area (Å²) in [5, 5.41) is 3.80. The van der Waals surface area contributed by atoms with Crippen LogP contribution in [0.4, 0.5) is 0 Å². The highest BCUT2D eigenvalue weighted by atomic mass is 32.1. The Balaban J connectivity index is 1.17. The number of rotatable bonds is 5. The van der Waals surface area contributed by atoms with Gasteiger partial charge in [-0.3, -0.25) is 0 Å². The topological polar surface area (TPSA) is 9.86 Å². The van der Waals surface area contributed by atoms with Crippen molar-refractivity contribution in [1.82, 2.24) is 9.13 Å². The summed E-state index contributed by atoms with van der Waals surface area (Å²) < 4.78 is 6.16. The van der Waals surface area contributed by atoms with Gasteiger partial charge in [0.15, 0.2) is 0 Å². The fourth-order valence-electron chi connectivity index (χ4n) is 7.66. The number of para-hydroxylation sites is 1. The van der Waals surface area contributed by atoms with E-state index in [1.165, 1.54) is 86.9 Å². The summed E-state index contributed by atoms with van der Waals surface area (Å²) in [5.74, 6) is 0. The van der Waals surface area contributed by atoms with Gasteiger partial charge in [-0.15, -0.1) is 11.3 Å². The first-order valence-electron chi connectivity index (χ1n) is 17.1. The molecule has 0 spiro atoms. The quantitative estimate of drug-likeness (QED) is 0.174. The minimum Gasteiger partial charge on any atom is -0.309 e. The minimum atomic E-state index is 1.16. The van der Waals surface area contributed by atoms with Gasteiger partial charge in [0.2, 0.25) is 0 Å². The number of hydrogen-bond acceptors (Lipinski definition) is 1. The molecule has 50 heavy (non-hydrogen) atoms. The first-order valence-corrected chi connectivity index (χ1v) is 17.9. The maximum atomic E-state index is 2.42. The molecule has 0 unspecified atom stereocenters. The predicted octanol–water partition coefficient (Wildman–Crippen LogP) is 13.3. The molecule has 3 aromatic heterocycles. The van der Waals surface area contributed by atoms with Gasteiger partial charge in [0.05, 0.1) is 26.8 Å². The van der Waals surface area contributed by atoms with Gasteiger partial charge in [-0.2, -0.15) is 0 Å². The summed E-state index contributed by atoms with van der Waals surface area (Å²) in [6.45, 7) is 2.21. The van der Waals surface area contributed by atoms with Crippen molar-refractivity contribution in [3.8, 4) is 44.8 Å². The van der Waals surface area contributed by atoms with Crippen LogP contribution < -0.4 is 0 Å². The van der Waals surface area contributed by atoms with Crippen molar-refractivity contribution >= 4 is 54.3 Å². The summed E-state index contributed by atoms with van der Waals surface area (Å²) in [7, 11) is 0. The van der Waals surface area contributed by atoms with Gasteiger partial charge >= 0.3 is 0 Å². The summed E-state index contributed by atoms with van der Waals surface area (Å²) >= 11 is 1.88. The summed E-state index contributed by atoms with van der Waals surface area (Å²) in [5.41, 5.74) is 14.6. The van der Waals surface area contributed by atoms with Gasteiger partial charge in [-0.1, -0.05) is 109 Å². The van der Waals surface area contributed by atoms with E-state index in [1.807, 2.05) is 11.3 Å². The van der Waals surface area contributed by atoms with Gasteiger partial charge in [0, 0.05) is 32.4 Å². The number of thiophene rings is 1. The molecule has 0 fully saturated rings. The SMILES string of the molecule is Cc1cc2c(s1)c1cc(-c3ccc4c(c3)c3cc(-c5ccccc5)ccc3n4-c3ccc(-c4ccccc4)cc3)ccc1n2-c1ccccc1. The molecule has 10 aromatic rings. The molecule has 0 bridgehead atoms. The molecule has 0 atom stereocenters. The molecule has 0 saturated carbocycles. The Morgan fingerprint density at radius 1 is 0.340 bits per heavy atom. The van der Waals surface area contributed by atoms with E-state index >= 15 is 0 Å². The van der Waals surface area contributed by atoms with Crippen molar-refractivity contribution in [2.75, 3.05) is 0 Å². The number of nitrogens with zero attached hydrogens (tertiary/aromatic N) is 2. The smallest absolute Gasteiger partial charge is 0.0651 e. The van der Waals surface area contributed by atoms with E-state index in [0.717, 1.165) is 5.69 Å². The highest BCUT2D eigenvalue weighted by molar-refractivity contribution is 7.20. The number of benzene rings is 7. The van der Waals surface area contributed by atoms with Gasteiger partial charge < -0.3 is 9.13 Å². The third kappa shape index (κ3) is 4.62. The fraction of sp³-hybridized carbons (Fsp3) is 0.0213. The highest BCUT2D eigenvalue weighted by Gasteiger charge is 2.18. The lowest BCUT2D eigenvalue weighted by Crippen LogP contribution is -1.94. The molecule has 0 N–H and O–H groups in total. The van der Waals surface area contributed by atoms with E-state index in [4.69, 9.17) is 0 Å². The van der Waals surface area contributed by atoms with E-state index in [1.54, 1.807) is 0 Å². The molecule has 0 saturated heterocycles. The lowest BCUT2D eigenvalue weighted by Gasteiger charge is -2.10. The third-order valence-electron chi connectivity index (χ3n) is 10.0. The Bertz CT molecular complexity index is 2840. The molecule has 2 nitrogen and oxygen atoms in total. The summed E-state index contributed by atoms with van der Waals surface area (Å²) in [6, 6.07) is 64.2. The third-order valence-corrected chi connectivity index (χ3v) is 11.1. The maximum absolute atomic E-state index is 2.42. The fourth-order valence-corrected chi connectivity index (χ4v) is 8.68. The molecule has 0 aliphatic carbocycles. The predicted molar refractivity (Wildman–Crippen MR) is 214 cm³/mol. The van der Waals surface area contributed by atoms with Crippen molar-refractivity contribution in [1.29, 1.82) is 0 Å². The van der Waals surface area contributed by atoms with Crippen LogP contribution in [0.2, 0.25) is 0 Å². The Kier molecular flexibility index (Phi) is 6.61. The molecule has 0 aliphatic rings. The standard InChI is InChI=1S/C47H32N2S/c1-31-27-46-47(50-31)42-30-37(21-26-45(42)49(46)38-15-9-4-10-16-38)36-20-25-44-41(29-36)40-28-35(33-13-7-3-8-14-33)19-24-43(40)48(44)39-22-17-34(18-23-39)32-11-5-2-6-12-32/h2-30H,1H3. The van der Waals surface area contributed by atoms with Crippen molar-refractivity contribution < 1.29 is 0 Å². The average molecular weight is 657 g/mol. The molecule has 0 radical (unpaired) electrons. The molecule has 10 rings (SSSR count). The van der Waals surface area contributed by atoms with Crippen LogP contribution in [0.5, 0.6) is 0 Å². The highest BCUT2D eigenvalue weighted by Crippen LogP contribution is 2.41. The Morgan fingerprint density at radius 3 is 1.32 bits per heavy atom. The van der Waals surface area contributed by atoms with Gasteiger partial charge in [0.25, 0.3) is 0 Å². The van der Waals surface area contributed by atoms with Crippen LogP contribution in [0.3, 0.4) is 0 Å². The maximum Gasteiger partial charge on any atom is 0.0651 e. The van der Waals surface area contributed by atoms with Crippen molar-refractivity contribution in [2.24, 2.45) is 0 Å². The molecule has 236 valence electrons. The van der Waals surface area contributed by atoms with Crippen LogP contribution in [-0.4, -0.2) is 9.13 Å². The first-order chi connectivity index (χ1) is 24.7. The van der Waals surface area contributed by atoms with E-state index in [2.05, 4.69) is 192 Å². The Labute approximate surface area is 294 Å². The van der Waals surface area contributed by atoms with E-state index < -0.39 is 0 Å². The lowest BCUT2D eigenvalue weighted by atomic mass is 9.99. The number of hydrogen-bond donors (Lipinski definition) is 0. The van der Waals surface area contributed by atoms with Crippen LogP contribution >= 0.6 is 11.3 Å². The molecular formula is C47H32N2S. The van der Waals surface area contributed by atoms with Crippen LogP contribution in [0, 0.1) is 6.92 Å².